The van der Waals surface area contributed by atoms with E-state index in [4.69, 9.17) is 18.9 Å². The summed E-state index contributed by atoms with van der Waals surface area (Å²) in [4.78, 5) is 11.7. The zero-order valence-electron chi connectivity index (χ0n) is 23.6. The van der Waals surface area contributed by atoms with E-state index < -0.39 is 0 Å². The molecule has 0 aliphatic heterocycles. The predicted octanol–water partition coefficient (Wildman–Crippen LogP) is 8.42. The van der Waals surface area contributed by atoms with Crippen LogP contribution in [0.15, 0.2) is 0 Å². The highest BCUT2D eigenvalue weighted by atomic mass is 16.6. The Balaban J connectivity index is 3.10. The van der Waals surface area contributed by atoms with Gasteiger partial charge in [-0.3, -0.25) is 4.79 Å². The molecule has 0 spiro atoms. The van der Waals surface area contributed by atoms with E-state index in [1.165, 1.54) is 103 Å². The monoisotopic (exact) mass is 500 g/mol. The lowest BCUT2D eigenvalue weighted by molar-refractivity contribution is -0.145. The van der Waals surface area contributed by atoms with Crippen molar-refractivity contribution >= 4 is 5.97 Å². The van der Waals surface area contributed by atoms with E-state index in [9.17, 15) is 4.79 Å². The van der Waals surface area contributed by atoms with Gasteiger partial charge in [0.15, 0.2) is 0 Å². The summed E-state index contributed by atoms with van der Waals surface area (Å²) in [5.74, 6) is -0.108. The van der Waals surface area contributed by atoms with Crippen LogP contribution in [0.25, 0.3) is 0 Å². The standard InChI is InChI=1S/C30H60O5/c1-3-5-7-9-11-12-13-14-15-17-19-21-23-32-24-25-33-26-27-34-28-29-35-30(31)22-20-18-16-10-8-6-4-2/h3-29H2,1-2H3. The summed E-state index contributed by atoms with van der Waals surface area (Å²) in [7, 11) is 0. The van der Waals surface area contributed by atoms with Crippen molar-refractivity contribution in [2.75, 3.05) is 46.2 Å². The topological polar surface area (TPSA) is 54.0 Å². The number of hydrogen-bond acceptors (Lipinski definition) is 5. The van der Waals surface area contributed by atoms with Crippen molar-refractivity contribution in [1.29, 1.82) is 0 Å². The van der Waals surface area contributed by atoms with Gasteiger partial charge in [-0.1, -0.05) is 123 Å². The third-order valence-electron chi connectivity index (χ3n) is 6.36. The molecule has 0 rings (SSSR count). The van der Waals surface area contributed by atoms with Crippen LogP contribution in [0.2, 0.25) is 0 Å². The van der Waals surface area contributed by atoms with Crippen molar-refractivity contribution in [2.45, 2.75) is 142 Å². The van der Waals surface area contributed by atoms with Crippen LogP contribution in [0.1, 0.15) is 142 Å². The van der Waals surface area contributed by atoms with Gasteiger partial charge in [-0.05, 0) is 12.8 Å². The molecule has 0 heterocycles. The molecule has 0 radical (unpaired) electrons. The fourth-order valence-corrected chi connectivity index (χ4v) is 4.10. The van der Waals surface area contributed by atoms with Crippen LogP contribution in [0.4, 0.5) is 0 Å². The second-order valence-corrected chi connectivity index (χ2v) is 9.82. The van der Waals surface area contributed by atoms with E-state index in [-0.39, 0.29) is 5.97 Å². The summed E-state index contributed by atoms with van der Waals surface area (Å²) in [5.41, 5.74) is 0. The number of hydrogen-bond donors (Lipinski definition) is 0. The van der Waals surface area contributed by atoms with Crippen LogP contribution >= 0.6 is 0 Å². The summed E-state index contributed by atoms with van der Waals surface area (Å²) < 4.78 is 21.8. The summed E-state index contributed by atoms with van der Waals surface area (Å²) in [6.45, 7) is 8.43. The number of ether oxygens (including phenoxy) is 4. The zero-order chi connectivity index (χ0) is 25.5. The molecule has 0 N–H and O–H groups in total. The molecule has 0 aromatic heterocycles. The molecule has 35 heavy (non-hydrogen) atoms. The first-order valence-electron chi connectivity index (χ1n) is 15.2. The van der Waals surface area contributed by atoms with Gasteiger partial charge in [-0.25, -0.2) is 0 Å². The lowest BCUT2D eigenvalue weighted by atomic mass is 10.1. The van der Waals surface area contributed by atoms with E-state index in [1.807, 2.05) is 0 Å². The molecule has 0 saturated carbocycles. The average Bonchev–Trinajstić information content (AvgIpc) is 2.86. The Labute approximate surface area is 218 Å². The van der Waals surface area contributed by atoms with Crippen LogP contribution in [-0.2, 0) is 23.7 Å². The highest BCUT2D eigenvalue weighted by Gasteiger charge is 2.02. The number of unbranched alkanes of at least 4 members (excludes halogenated alkanes) is 17. The van der Waals surface area contributed by atoms with Gasteiger partial charge >= 0.3 is 5.97 Å². The van der Waals surface area contributed by atoms with Crippen molar-refractivity contribution < 1.29 is 23.7 Å². The molecule has 0 unspecified atom stereocenters. The summed E-state index contributed by atoms with van der Waals surface area (Å²) in [6.07, 6.45) is 25.4. The molecule has 0 aromatic carbocycles. The molecule has 0 bridgehead atoms. The molecular formula is C30H60O5. The molecular weight excluding hydrogens is 440 g/mol. The van der Waals surface area contributed by atoms with Gasteiger partial charge in [-0.15, -0.1) is 0 Å². The van der Waals surface area contributed by atoms with Crippen molar-refractivity contribution in [1.82, 2.24) is 0 Å². The first kappa shape index (κ1) is 34.4. The number of rotatable bonds is 30. The number of carbonyl (C=O) groups excluding carboxylic acids is 1. The Hall–Kier alpha value is -0.650. The van der Waals surface area contributed by atoms with Crippen molar-refractivity contribution in [3.8, 4) is 0 Å². The fraction of sp³-hybridized carbons (Fsp3) is 0.967. The Bertz CT molecular complexity index is 402. The van der Waals surface area contributed by atoms with E-state index >= 15 is 0 Å². The molecule has 0 amide bonds. The highest BCUT2D eigenvalue weighted by molar-refractivity contribution is 5.69. The largest absolute Gasteiger partial charge is 0.463 e. The maximum Gasteiger partial charge on any atom is 0.305 e. The van der Waals surface area contributed by atoms with E-state index in [2.05, 4.69) is 13.8 Å². The summed E-state index contributed by atoms with van der Waals surface area (Å²) in [5, 5.41) is 0. The lowest BCUT2D eigenvalue weighted by Gasteiger charge is -2.08. The molecule has 0 aliphatic rings. The van der Waals surface area contributed by atoms with E-state index in [1.54, 1.807) is 0 Å². The molecule has 5 heteroatoms. The number of esters is 1. The van der Waals surface area contributed by atoms with Crippen LogP contribution in [-0.4, -0.2) is 52.2 Å². The third kappa shape index (κ3) is 31.3. The minimum absolute atomic E-state index is 0.108. The molecule has 0 fully saturated rings. The van der Waals surface area contributed by atoms with Gasteiger partial charge in [0.25, 0.3) is 0 Å². The maximum atomic E-state index is 11.7. The van der Waals surface area contributed by atoms with Gasteiger partial charge in [0, 0.05) is 13.0 Å². The van der Waals surface area contributed by atoms with Gasteiger partial charge < -0.3 is 18.9 Å². The molecule has 210 valence electrons. The van der Waals surface area contributed by atoms with Gasteiger partial charge in [-0.2, -0.15) is 0 Å². The van der Waals surface area contributed by atoms with E-state index in [0.717, 1.165) is 25.9 Å². The quantitative estimate of drug-likeness (QED) is 0.0731. The smallest absolute Gasteiger partial charge is 0.305 e. The zero-order valence-corrected chi connectivity index (χ0v) is 23.6. The van der Waals surface area contributed by atoms with Crippen molar-refractivity contribution in [2.24, 2.45) is 0 Å². The average molecular weight is 501 g/mol. The molecule has 0 aliphatic carbocycles. The van der Waals surface area contributed by atoms with Crippen molar-refractivity contribution in [3.63, 3.8) is 0 Å². The van der Waals surface area contributed by atoms with Gasteiger partial charge in [0.1, 0.15) is 6.61 Å². The number of carbonyl (C=O) groups is 1. The SMILES string of the molecule is CCCCCCCCCCCCCCOCCOCCOCCOC(=O)CCCCCCCCC. The first-order chi connectivity index (χ1) is 17.3. The fourth-order valence-electron chi connectivity index (χ4n) is 4.10. The molecule has 0 aromatic rings. The van der Waals surface area contributed by atoms with Gasteiger partial charge in [0.05, 0.1) is 33.0 Å². The first-order valence-corrected chi connectivity index (χ1v) is 15.2. The Kier molecular flexibility index (Phi) is 30.8. The molecule has 5 nitrogen and oxygen atoms in total. The minimum Gasteiger partial charge on any atom is -0.463 e. The maximum absolute atomic E-state index is 11.7. The second-order valence-electron chi connectivity index (χ2n) is 9.82. The van der Waals surface area contributed by atoms with Crippen LogP contribution in [0.5, 0.6) is 0 Å². The van der Waals surface area contributed by atoms with Crippen LogP contribution in [0, 0.1) is 0 Å². The Morgan fingerprint density at radius 1 is 0.400 bits per heavy atom. The minimum atomic E-state index is -0.108. The second kappa shape index (κ2) is 31.4. The van der Waals surface area contributed by atoms with E-state index in [0.29, 0.717) is 46.1 Å². The predicted molar refractivity (Wildman–Crippen MR) is 147 cm³/mol. The van der Waals surface area contributed by atoms with Crippen LogP contribution < -0.4 is 0 Å². The lowest BCUT2D eigenvalue weighted by Crippen LogP contribution is -2.14. The molecule has 0 atom stereocenters. The summed E-state index contributed by atoms with van der Waals surface area (Å²) >= 11 is 0. The van der Waals surface area contributed by atoms with Gasteiger partial charge in [0.2, 0.25) is 0 Å². The third-order valence-corrected chi connectivity index (χ3v) is 6.36. The Morgan fingerprint density at radius 2 is 0.743 bits per heavy atom. The molecule has 0 saturated heterocycles. The van der Waals surface area contributed by atoms with Crippen molar-refractivity contribution in [3.05, 3.63) is 0 Å². The normalized spacial score (nSPS) is 11.3. The van der Waals surface area contributed by atoms with Crippen LogP contribution in [0.3, 0.4) is 0 Å². The highest BCUT2D eigenvalue weighted by Crippen LogP contribution is 2.12. The summed E-state index contributed by atoms with van der Waals surface area (Å²) in [6, 6.07) is 0. The Morgan fingerprint density at radius 3 is 1.20 bits per heavy atom.